The summed E-state index contributed by atoms with van der Waals surface area (Å²) in [4.78, 5) is 2.28. The Kier molecular flexibility index (Phi) is 6.01. The van der Waals surface area contributed by atoms with Gasteiger partial charge in [0.15, 0.2) is 0 Å². The van der Waals surface area contributed by atoms with Gasteiger partial charge >= 0.3 is 0 Å². The first kappa shape index (κ1) is 20.7. The minimum Gasteiger partial charge on any atom is -0.326 e. The molecule has 0 spiro atoms. The van der Waals surface area contributed by atoms with Gasteiger partial charge in [-0.25, -0.2) is 0 Å². The van der Waals surface area contributed by atoms with Gasteiger partial charge in [-0.05, 0) is 64.2 Å². The van der Waals surface area contributed by atoms with Gasteiger partial charge in [-0.15, -0.1) is 0 Å². The molecule has 5 aromatic carbocycles. The Bertz CT molecular complexity index is 1210. The molecule has 2 heteroatoms. The van der Waals surface area contributed by atoms with Gasteiger partial charge in [0.05, 0.1) is 0 Å². The molecule has 0 unspecified atom stereocenters. The normalized spacial score (nSPS) is 10.7. The SMILES string of the molecule is NCc1ccc(N(c2ccc(-c3ccccc3)cc2)c2ccc(-c3ccccc3)cc2)cc1. The van der Waals surface area contributed by atoms with Crippen molar-refractivity contribution in [3.8, 4) is 22.3 Å². The average Bonchev–Trinajstić information content (AvgIpc) is 2.91. The molecule has 2 nitrogen and oxygen atoms in total. The van der Waals surface area contributed by atoms with Gasteiger partial charge in [-0.1, -0.05) is 97.1 Å². The fourth-order valence-electron chi connectivity index (χ4n) is 4.10. The minimum atomic E-state index is 0.540. The summed E-state index contributed by atoms with van der Waals surface area (Å²) in [6.45, 7) is 0.540. The van der Waals surface area contributed by atoms with Gasteiger partial charge in [0.25, 0.3) is 0 Å². The molecule has 0 radical (unpaired) electrons. The van der Waals surface area contributed by atoms with Crippen molar-refractivity contribution in [3.63, 3.8) is 0 Å². The highest BCUT2D eigenvalue weighted by molar-refractivity contribution is 5.79. The Morgan fingerprint density at radius 1 is 0.394 bits per heavy atom. The van der Waals surface area contributed by atoms with Crippen molar-refractivity contribution in [2.75, 3.05) is 4.90 Å². The second kappa shape index (κ2) is 9.56. The van der Waals surface area contributed by atoms with Gasteiger partial charge in [0.1, 0.15) is 0 Å². The molecule has 0 saturated carbocycles. The van der Waals surface area contributed by atoms with Crippen LogP contribution in [0.2, 0.25) is 0 Å². The Labute approximate surface area is 195 Å². The summed E-state index contributed by atoms with van der Waals surface area (Å²) in [7, 11) is 0. The van der Waals surface area contributed by atoms with Crippen molar-refractivity contribution in [1.82, 2.24) is 0 Å². The summed E-state index contributed by atoms with van der Waals surface area (Å²) < 4.78 is 0. The smallest absolute Gasteiger partial charge is 0.0462 e. The summed E-state index contributed by atoms with van der Waals surface area (Å²) in [6.07, 6.45) is 0. The van der Waals surface area contributed by atoms with E-state index in [4.69, 9.17) is 5.73 Å². The van der Waals surface area contributed by atoms with Gasteiger partial charge in [-0.3, -0.25) is 0 Å². The van der Waals surface area contributed by atoms with E-state index in [1.807, 2.05) is 12.1 Å². The fraction of sp³-hybridized carbons (Fsp3) is 0.0323. The summed E-state index contributed by atoms with van der Waals surface area (Å²) in [5, 5.41) is 0. The predicted molar refractivity (Wildman–Crippen MR) is 140 cm³/mol. The Hall–Kier alpha value is -4.14. The highest BCUT2D eigenvalue weighted by Crippen LogP contribution is 2.36. The lowest BCUT2D eigenvalue weighted by molar-refractivity contribution is 1.07. The highest BCUT2D eigenvalue weighted by atomic mass is 15.1. The fourth-order valence-corrected chi connectivity index (χ4v) is 4.10. The largest absolute Gasteiger partial charge is 0.326 e. The minimum absolute atomic E-state index is 0.540. The van der Waals surface area contributed by atoms with E-state index in [-0.39, 0.29) is 0 Å². The van der Waals surface area contributed by atoms with Crippen LogP contribution in [0.15, 0.2) is 133 Å². The lowest BCUT2D eigenvalue weighted by Gasteiger charge is -2.26. The molecule has 5 aromatic rings. The van der Waals surface area contributed by atoms with Crippen molar-refractivity contribution in [2.45, 2.75) is 6.54 Å². The van der Waals surface area contributed by atoms with E-state index in [0.717, 1.165) is 22.6 Å². The van der Waals surface area contributed by atoms with Crippen LogP contribution in [0.3, 0.4) is 0 Å². The van der Waals surface area contributed by atoms with Crippen LogP contribution < -0.4 is 10.6 Å². The molecular weight excluding hydrogens is 400 g/mol. The maximum Gasteiger partial charge on any atom is 0.0462 e. The second-order valence-electron chi connectivity index (χ2n) is 8.03. The predicted octanol–water partition coefficient (Wildman–Crippen LogP) is 7.95. The molecule has 0 heterocycles. The van der Waals surface area contributed by atoms with E-state index < -0.39 is 0 Å². The topological polar surface area (TPSA) is 29.3 Å². The van der Waals surface area contributed by atoms with Crippen molar-refractivity contribution in [1.29, 1.82) is 0 Å². The van der Waals surface area contributed by atoms with Gasteiger partial charge in [-0.2, -0.15) is 0 Å². The van der Waals surface area contributed by atoms with Crippen LogP contribution >= 0.6 is 0 Å². The number of rotatable bonds is 6. The van der Waals surface area contributed by atoms with E-state index in [1.165, 1.54) is 22.3 Å². The average molecular weight is 427 g/mol. The maximum atomic E-state index is 5.83. The van der Waals surface area contributed by atoms with Gasteiger partial charge in [0, 0.05) is 23.6 Å². The van der Waals surface area contributed by atoms with Crippen LogP contribution in [0.1, 0.15) is 5.56 Å². The summed E-state index contributed by atoms with van der Waals surface area (Å²) >= 11 is 0. The van der Waals surface area contributed by atoms with Crippen molar-refractivity contribution < 1.29 is 0 Å². The van der Waals surface area contributed by atoms with Crippen LogP contribution in [-0.4, -0.2) is 0 Å². The summed E-state index contributed by atoms with van der Waals surface area (Å²) in [5.74, 6) is 0. The lowest BCUT2D eigenvalue weighted by Crippen LogP contribution is -2.10. The first-order chi connectivity index (χ1) is 16.3. The van der Waals surface area contributed by atoms with Crippen molar-refractivity contribution in [2.24, 2.45) is 5.73 Å². The molecule has 0 amide bonds. The van der Waals surface area contributed by atoms with Crippen molar-refractivity contribution >= 4 is 17.1 Å². The molecule has 2 N–H and O–H groups in total. The summed E-state index contributed by atoms with van der Waals surface area (Å²) in [5.41, 5.74) is 15.1. The molecular formula is C31H26N2. The molecule has 0 bridgehead atoms. The second-order valence-corrected chi connectivity index (χ2v) is 8.03. The molecule has 0 fully saturated rings. The van der Waals surface area contributed by atoms with Gasteiger partial charge < -0.3 is 10.6 Å². The number of anilines is 3. The first-order valence-electron chi connectivity index (χ1n) is 11.2. The summed E-state index contributed by atoms with van der Waals surface area (Å²) in [6, 6.07) is 46.9. The van der Waals surface area contributed by atoms with E-state index in [9.17, 15) is 0 Å². The van der Waals surface area contributed by atoms with E-state index in [0.29, 0.717) is 6.54 Å². The Balaban J connectivity index is 1.53. The monoisotopic (exact) mass is 426 g/mol. The number of nitrogens with two attached hydrogens (primary N) is 1. The third-order valence-electron chi connectivity index (χ3n) is 5.90. The van der Waals surface area contributed by atoms with Crippen LogP contribution in [-0.2, 0) is 6.54 Å². The van der Waals surface area contributed by atoms with Crippen LogP contribution in [0.5, 0.6) is 0 Å². The Morgan fingerprint density at radius 3 is 1.09 bits per heavy atom. The van der Waals surface area contributed by atoms with Crippen LogP contribution in [0.4, 0.5) is 17.1 Å². The van der Waals surface area contributed by atoms with E-state index in [2.05, 4.69) is 126 Å². The lowest BCUT2D eigenvalue weighted by atomic mass is 10.0. The quantitative estimate of drug-likeness (QED) is 0.298. The number of benzene rings is 5. The third kappa shape index (κ3) is 4.57. The highest BCUT2D eigenvalue weighted by Gasteiger charge is 2.13. The van der Waals surface area contributed by atoms with Crippen LogP contribution in [0, 0.1) is 0 Å². The molecule has 33 heavy (non-hydrogen) atoms. The van der Waals surface area contributed by atoms with E-state index >= 15 is 0 Å². The molecule has 160 valence electrons. The molecule has 0 saturated heterocycles. The molecule has 0 aromatic heterocycles. The first-order valence-corrected chi connectivity index (χ1v) is 11.2. The van der Waals surface area contributed by atoms with Crippen molar-refractivity contribution in [3.05, 3.63) is 139 Å². The molecule has 0 aliphatic rings. The number of hydrogen-bond acceptors (Lipinski definition) is 2. The number of hydrogen-bond donors (Lipinski definition) is 1. The molecule has 0 aliphatic carbocycles. The third-order valence-corrected chi connectivity index (χ3v) is 5.90. The zero-order valence-electron chi connectivity index (χ0n) is 18.4. The Morgan fingerprint density at radius 2 is 0.727 bits per heavy atom. The zero-order valence-corrected chi connectivity index (χ0v) is 18.4. The maximum absolute atomic E-state index is 5.83. The zero-order chi connectivity index (χ0) is 22.5. The van der Waals surface area contributed by atoms with Crippen LogP contribution in [0.25, 0.3) is 22.3 Å². The number of nitrogens with zero attached hydrogens (tertiary/aromatic N) is 1. The van der Waals surface area contributed by atoms with E-state index in [1.54, 1.807) is 0 Å². The standard InChI is InChI=1S/C31H26N2/c32-23-24-11-17-29(18-12-24)33(30-19-13-27(14-20-30)25-7-3-1-4-8-25)31-21-15-28(16-22-31)26-9-5-2-6-10-26/h1-22H,23,32H2. The molecule has 5 rings (SSSR count). The molecule has 0 aliphatic heterocycles. The van der Waals surface area contributed by atoms with Gasteiger partial charge in [0.2, 0.25) is 0 Å². The molecule has 0 atom stereocenters.